The molecule has 1 amide bonds. The van der Waals surface area contributed by atoms with Gasteiger partial charge in [0.1, 0.15) is 6.42 Å². The van der Waals surface area contributed by atoms with Gasteiger partial charge in [-0.3, -0.25) is 14.9 Å². The Kier molecular flexibility index (Phi) is 3.66. The minimum atomic E-state index is -1.54. The van der Waals surface area contributed by atoms with E-state index in [-0.39, 0.29) is 0 Å². The molecule has 0 spiro atoms. The average Bonchev–Trinajstić information content (AvgIpc) is 2.25. The maximum atomic E-state index is 13.2. The van der Waals surface area contributed by atoms with Crippen LogP contribution < -0.4 is 5.32 Å². The fourth-order valence-corrected chi connectivity index (χ4v) is 1.07. The Bertz CT molecular complexity index is 525. The van der Waals surface area contributed by atoms with Crippen molar-refractivity contribution in [2.75, 3.05) is 5.32 Å². The van der Waals surface area contributed by atoms with E-state index in [0.29, 0.717) is 6.07 Å². The Hall–Kier alpha value is -2.56. The molecule has 6 nitrogen and oxygen atoms in total. The molecule has 0 fully saturated rings. The fourth-order valence-electron chi connectivity index (χ4n) is 1.07. The Morgan fingerprint density at radius 2 is 2.18 bits per heavy atom. The summed E-state index contributed by atoms with van der Waals surface area (Å²) in [6.07, 6.45) is -0.618. The number of carbonyl (C=O) groups is 1. The molecular weight excluding hydrogens is 236 g/mol. The molecular formula is C9H5F2N3O3. The van der Waals surface area contributed by atoms with E-state index in [1.165, 1.54) is 6.07 Å². The smallest absolute Gasteiger partial charge is 0.296 e. The van der Waals surface area contributed by atoms with Crippen molar-refractivity contribution in [1.82, 2.24) is 0 Å². The average molecular weight is 241 g/mol. The molecule has 0 aliphatic heterocycles. The van der Waals surface area contributed by atoms with Gasteiger partial charge in [0.25, 0.3) is 5.69 Å². The molecule has 0 bridgehead atoms. The summed E-state index contributed by atoms with van der Waals surface area (Å²) >= 11 is 0. The maximum Gasteiger partial charge on any atom is 0.296 e. The predicted molar refractivity (Wildman–Crippen MR) is 51.9 cm³/mol. The molecule has 0 aromatic heterocycles. The van der Waals surface area contributed by atoms with Crippen molar-refractivity contribution in [3.63, 3.8) is 0 Å². The van der Waals surface area contributed by atoms with Crippen LogP contribution in [0.4, 0.5) is 20.2 Å². The minimum Gasteiger partial charge on any atom is -0.317 e. The van der Waals surface area contributed by atoms with Gasteiger partial charge >= 0.3 is 0 Å². The van der Waals surface area contributed by atoms with Gasteiger partial charge in [-0.2, -0.15) is 5.26 Å². The van der Waals surface area contributed by atoms with E-state index in [1.54, 1.807) is 5.32 Å². The highest BCUT2D eigenvalue weighted by Gasteiger charge is 2.23. The van der Waals surface area contributed by atoms with Crippen molar-refractivity contribution in [1.29, 1.82) is 5.26 Å². The number of rotatable bonds is 3. The minimum absolute atomic E-state index is 0.577. The lowest BCUT2D eigenvalue weighted by Gasteiger charge is -2.05. The number of hydrogen-bond acceptors (Lipinski definition) is 4. The zero-order valence-electron chi connectivity index (χ0n) is 8.24. The van der Waals surface area contributed by atoms with E-state index < -0.39 is 40.3 Å². The van der Waals surface area contributed by atoms with Crippen molar-refractivity contribution in [3.05, 3.63) is 33.9 Å². The van der Waals surface area contributed by atoms with Gasteiger partial charge in [0.2, 0.25) is 5.91 Å². The molecule has 0 atom stereocenters. The molecule has 1 rings (SSSR count). The van der Waals surface area contributed by atoms with Gasteiger partial charge in [0.05, 0.1) is 11.0 Å². The summed E-state index contributed by atoms with van der Waals surface area (Å²) < 4.78 is 26.1. The molecule has 0 unspecified atom stereocenters. The van der Waals surface area contributed by atoms with Crippen LogP contribution in [0.5, 0.6) is 0 Å². The molecule has 8 heteroatoms. The molecule has 1 N–H and O–H groups in total. The number of nitro groups is 1. The van der Waals surface area contributed by atoms with Crippen molar-refractivity contribution < 1.29 is 18.5 Å². The van der Waals surface area contributed by atoms with E-state index in [2.05, 4.69) is 0 Å². The summed E-state index contributed by atoms with van der Waals surface area (Å²) in [4.78, 5) is 20.6. The summed E-state index contributed by atoms with van der Waals surface area (Å²) in [6.45, 7) is 0. The first kappa shape index (κ1) is 12.5. The Labute approximate surface area is 93.6 Å². The largest absolute Gasteiger partial charge is 0.317 e. The monoisotopic (exact) mass is 241 g/mol. The number of anilines is 1. The molecule has 1 aromatic rings. The summed E-state index contributed by atoms with van der Waals surface area (Å²) in [7, 11) is 0. The number of amides is 1. The number of nitriles is 1. The fraction of sp³-hybridized carbons (Fsp3) is 0.111. The second-order valence-electron chi connectivity index (χ2n) is 2.90. The first-order valence-electron chi connectivity index (χ1n) is 4.26. The van der Waals surface area contributed by atoms with Crippen molar-refractivity contribution >= 4 is 17.3 Å². The second kappa shape index (κ2) is 4.98. The molecule has 0 radical (unpaired) electrons. The number of benzene rings is 1. The van der Waals surface area contributed by atoms with Crippen LogP contribution in [-0.2, 0) is 4.79 Å². The van der Waals surface area contributed by atoms with E-state index in [4.69, 9.17) is 5.26 Å². The quantitative estimate of drug-likeness (QED) is 0.643. The van der Waals surface area contributed by atoms with Gasteiger partial charge in [0, 0.05) is 6.07 Å². The normalized spacial score (nSPS) is 9.47. The lowest BCUT2D eigenvalue weighted by Crippen LogP contribution is -2.13. The van der Waals surface area contributed by atoms with E-state index >= 15 is 0 Å². The van der Waals surface area contributed by atoms with E-state index in [1.807, 2.05) is 0 Å². The van der Waals surface area contributed by atoms with Gasteiger partial charge in [-0.05, 0) is 6.07 Å². The molecule has 0 heterocycles. The van der Waals surface area contributed by atoms with Crippen LogP contribution in [0.1, 0.15) is 6.42 Å². The van der Waals surface area contributed by atoms with Crippen LogP contribution >= 0.6 is 0 Å². The molecule has 88 valence electrons. The van der Waals surface area contributed by atoms with E-state index in [9.17, 15) is 23.7 Å². The number of nitrogens with one attached hydrogen (secondary N) is 1. The van der Waals surface area contributed by atoms with Crippen molar-refractivity contribution in [3.8, 4) is 6.07 Å². The number of nitro benzene ring substituents is 1. The molecule has 0 saturated carbocycles. The zero-order valence-corrected chi connectivity index (χ0v) is 8.24. The van der Waals surface area contributed by atoms with Crippen LogP contribution in [-0.4, -0.2) is 10.8 Å². The SMILES string of the molecule is N#CCC(=O)Nc1c([N+](=O)[O-])ccc(F)c1F. The third-order valence-electron chi connectivity index (χ3n) is 1.77. The lowest BCUT2D eigenvalue weighted by molar-refractivity contribution is -0.384. The Morgan fingerprint density at radius 3 is 2.71 bits per heavy atom. The Morgan fingerprint density at radius 1 is 1.53 bits per heavy atom. The van der Waals surface area contributed by atoms with Crippen LogP contribution in [0, 0.1) is 33.1 Å². The summed E-state index contributed by atoms with van der Waals surface area (Å²) in [6, 6.07) is 2.77. The van der Waals surface area contributed by atoms with Crippen LogP contribution in [0.15, 0.2) is 12.1 Å². The maximum absolute atomic E-state index is 13.2. The lowest BCUT2D eigenvalue weighted by atomic mass is 10.2. The third-order valence-corrected chi connectivity index (χ3v) is 1.77. The highest BCUT2D eigenvalue weighted by Crippen LogP contribution is 2.29. The molecule has 0 aliphatic carbocycles. The standard InChI is InChI=1S/C9H5F2N3O3/c10-5-1-2-6(14(16)17)9(8(5)11)13-7(15)3-4-12/h1-2H,3H2,(H,13,15). The van der Waals surface area contributed by atoms with Crippen LogP contribution in [0.25, 0.3) is 0 Å². The summed E-state index contributed by atoms with van der Waals surface area (Å²) in [5, 5.41) is 20.5. The topological polar surface area (TPSA) is 96.0 Å². The van der Waals surface area contributed by atoms with Crippen LogP contribution in [0.3, 0.4) is 0 Å². The summed E-state index contributed by atoms with van der Waals surface area (Å²) in [5.41, 5.74) is -1.66. The van der Waals surface area contributed by atoms with Gasteiger partial charge < -0.3 is 5.32 Å². The van der Waals surface area contributed by atoms with Crippen molar-refractivity contribution in [2.45, 2.75) is 6.42 Å². The zero-order chi connectivity index (χ0) is 13.0. The third kappa shape index (κ3) is 2.72. The summed E-state index contributed by atoms with van der Waals surface area (Å²) in [5.74, 6) is -3.83. The first-order chi connectivity index (χ1) is 7.97. The van der Waals surface area contributed by atoms with Crippen LogP contribution in [0.2, 0.25) is 0 Å². The number of hydrogen-bond donors (Lipinski definition) is 1. The van der Waals surface area contributed by atoms with Gasteiger partial charge in [-0.15, -0.1) is 0 Å². The first-order valence-corrected chi connectivity index (χ1v) is 4.26. The second-order valence-corrected chi connectivity index (χ2v) is 2.90. The molecule has 17 heavy (non-hydrogen) atoms. The van der Waals surface area contributed by atoms with E-state index in [0.717, 1.165) is 6.07 Å². The molecule has 0 saturated heterocycles. The Balaban J connectivity index is 3.20. The van der Waals surface area contributed by atoms with Gasteiger partial charge in [-0.25, -0.2) is 8.78 Å². The highest BCUT2D eigenvalue weighted by atomic mass is 19.2. The predicted octanol–water partition coefficient (Wildman–Crippen LogP) is 1.73. The van der Waals surface area contributed by atoms with Crippen molar-refractivity contribution in [2.24, 2.45) is 0 Å². The molecule has 0 aliphatic rings. The number of halogens is 2. The number of carbonyl (C=O) groups excluding carboxylic acids is 1. The highest BCUT2D eigenvalue weighted by molar-refractivity contribution is 5.94. The van der Waals surface area contributed by atoms with Gasteiger partial charge in [0.15, 0.2) is 17.3 Å². The number of nitrogens with zero attached hydrogens (tertiary/aromatic N) is 2. The van der Waals surface area contributed by atoms with Gasteiger partial charge in [-0.1, -0.05) is 0 Å². The molecule has 1 aromatic carbocycles.